The molecule has 0 aliphatic heterocycles. The van der Waals surface area contributed by atoms with Gasteiger partial charge in [0.1, 0.15) is 5.82 Å². The number of amides is 1. The number of nitrogens with one attached hydrogen (secondary N) is 1. The highest BCUT2D eigenvalue weighted by atomic mass is 127. The Bertz CT molecular complexity index is 628. The van der Waals surface area contributed by atoms with Gasteiger partial charge in [0, 0.05) is 9.13 Å². The Morgan fingerprint density at radius 2 is 1.89 bits per heavy atom. The molecule has 0 unspecified atom stereocenters. The SMILES string of the molecule is O=C(Nc1c(F)cccc1Cl)c1ccc(I)c(Cl)c1. The molecule has 0 heterocycles. The molecule has 0 fully saturated rings. The van der Waals surface area contributed by atoms with E-state index < -0.39 is 11.7 Å². The van der Waals surface area contributed by atoms with Crippen LogP contribution in [0.4, 0.5) is 10.1 Å². The zero-order valence-electron chi connectivity index (χ0n) is 9.38. The van der Waals surface area contributed by atoms with Crippen molar-refractivity contribution in [3.05, 3.63) is 61.4 Å². The van der Waals surface area contributed by atoms with Crippen LogP contribution < -0.4 is 5.32 Å². The monoisotopic (exact) mass is 409 g/mol. The van der Waals surface area contributed by atoms with Gasteiger partial charge in [-0.15, -0.1) is 0 Å². The van der Waals surface area contributed by atoms with Crippen molar-refractivity contribution >= 4 is 57.4 Å². The molecule has 0 bridgehead atoms. The third-order valence-corrected chi connectivity index (χ3v) is 4.27. The molecular weight excluding hydrogens is 403 g/mol. The minimum Gasteiger partial charge on any atom is -0.318 e. The van der Waals surface area contributed by atoms with Crippen LogP contribution in [0.25, 0.3) is 0 Å². The number of anilines is 1. The van der Waals surface area contributed by atoms with Crippen LogP contribution in [-0.2, 0) is 0 Å². The second-order valence-corrected chi connectivity index (χ2v) is 5.66. The van der Waals surface area contributed by atoms with E-state index in [-0.39, 0.29) is 10.7 Å². The fourth-order valence-corrected chi connectivity index (χ4v) is 2.17. The summed E-state index contributed by atoms with van der Waals surface area (Å²) < 4.78 is 14.4. The molecule has 0 spiro atoms. The van der Waals surface area contributed by atoms with Crippen molar-refractivity contribution in [2.24, 2.45) is 0 Å². The summed E-state index contributed by atoms with van der Waals surface area (Å²) in [6, 6.07) is 9.03. The first-order chi connectivity index (χ1) is 8.99. The molecule has 1 amide bonds. The molecule has 0 radical (unpaired) electrons. The van der Waals surface area contributed by atoms with E-state index in [2.05, 4.69) is 27.9 Å². The molecule has 6 heteroatoms. The molecule has 0 aliphatic carbocycles. The third kappa shape index (κ3) is 3.38. The number of rotatable bonds is 2. The van der Waals surface area contributed by atoms with Crippen molar-refractivity contribution in [2.45, 2.75) is 0 Å². The zero-order chi connectivity index (χ0) is 14.0. The lowest BCUT2D eigenvalue weighted by molar-refractivity contribution is 0.102. The van der Waals surface area contributed by atoms with Gasteiger partial charge in [0.15, 0.2) is 0 Å². The van der Waals surface area contributed by atoms with E-state index in [1.54, 1.807) is 12.1 Å². The molecule has 0 aliphatic rings. The average molecular weight is 410 g/mol. The molecule has 2 aromatic rings. The van der Waals surface area contributed by atoms with Gasteiger partial charge in [-0.3, -0.25) is 4.79 Å². The first-order valence-electron chi connectivity index (χ1n) is 5.19. The van der Waals surface area contributed by atoms with Crippen LogP contribution in [0.5, 0.6) is 0 Å². The zero-order valence-corrected chi connectivity index (χ0v) is 13.1. The standard InChI is InChI=1S/C13H7Cl2FINO/c14-8-2-1-3-10(16)12(8)18-13(19)7-4-5-11(17)9(15)6-7/h1-6H,(H,18,19). The number of para-hydroxylation sites is 1. The number of hydrogen-bond acceptors (Lipinski definition) is 1. The molecule has 1 N–H and O–H groups in total. The van der Waals surface area contributed by atoms with E-state index in [1.807, 2.05) is 0 Å². The van der Waals surface area contributed by atoms with E-state index in [0.29, 0.717) is 10.6 Å². The molecule has 2 aromatic carbocycles. The summed E-state index contributed by atoms with van der Waals surface area (Å²) >= 11 is 13.8. The van der Waals surface area contributed by atoms with Gasteiger partial charge in [-0.25, -0.2) is 4.39 Å². The number of hydrogen-bond donors (Lipinski definition) is 1. The summed E-state index contributed by atoms with van der Waals surface area (Å²) in [7, 11) is 0. The highest BCUT2D eigenvalue weighted by molar-refractivity contribution is 14.1. The van der Waals surface area contributed by atoms with Gasteiger partial charge in [0.2, 0.25) is 0 Å². The third-order valence-electron chi connectivity index (χ3n) is 2.38. The Kier molecular flexibility index (Phi) is 4.65. The first kappa shape index (κ1) is 14.6. The Hall–Kier alpha value is -0.850. The quantitative estimate of drug-likeness (QED) is 0.695. The van der Waals surface area contributed by atoms with E-state index in [4.69, 9.17) is 23.2 Å². The van der Waals surface area contributed by atoms with Crippen LogP contribution >= 0.6 is 45.8 Å². The Balaban J connectivity index is 2.28. The Morgan fingerprint density at radius 1 is 1.16 bits per heavy atom. The molecular formula is C13H7Cl2FINO. The van der Waals surface area contributed by atoms with Crippen LogP contribution in [0.15, 0.2) is 36.4 Å². The fourth-order valence-electron chi connectivity index (χ4n) is 1.44. The van der Waals surface area contributed by atoms with Crippen molar-refractivity contribution in [1.29, 1.82) is 0 Å². The highest BCUT2D eigenvalue weighted by Crippen LogP contribution is 2.26. The van der Waals surface area contributed by atoms with Crippen molar-refractivity contribution in [1.82, 2.24) is 0 Å². The molecule has 2 rings (SSSR count). The minimum atomic E-state index is -0.586. The van der Waals surface area contributed by atoms with Gasteiger partial charge < -0.3 is 5.32 Å². The molecule has 98 valence electrons. The van der Waals surface area contributed by atoms with Crippen molar-refractivity contribution in [3.8, 4) is 0 Å². The first-order valence-corrected chi connectivity index (χ1v) is 7.03. The number of carbonyl (C=O) groups excluding carboxylic acids is 1. The van der Waals surface area contributed by atoms with Gasteiger partial charge in [0.25, 0.3) is 5.91 Å². The summed E-state index contributed by atoms with van der Waals surface area (Å²) in [6.07, 6.45) is 0. The maximum atomic E-state index is 13.5. The van der Waals surface area contributed by atoms with Crippen molar-refractivity contribution in [2.75, 3.05) is 5.32 Å². The predicted molar refractivity (Wildman–Crippen MR) is 83.5 cm³/mol. The fraction of sp³-hybridized carbons (Fsp3) is 0. The van der Waals surface area contributed by atoms with Gasteiger partial charge in [0.05, 0.1) is 15.7 Å². The summed E-state index contributed by atoms with van der Waals surface area (Å²) in [5, 5.41) is 3.04. The molecule has 0 atom stereocenters. The maximum Gasteiger partial charge on any atom is 0.255 e. The average Bonchev–Trinajstić information content (AvgIpc) is 2.37. The van der Waals surface area contributed by atoms with Gasteiger partial charge in [-0.1, -0.05) is 29.3 Å². The van der Waals surface area contributed by atoms with Crippen molar-refractivity contribution in [3.63, 3.8) is 0 Å². The lowest BCUT2D eigenvalue weighted by atomic mass is 10.2. The van der Waals surface area contributed by atoms with Gasteiger partial charge >= 0.3 is 0 Å². The maximum absolute atomic E-state index is 13.5. The van der Waals surface area contributed by atoms with E-state index in [9.17, 15) is 9.18 Å². The minimum absolute atomic E-state index is 0.0381. The van der Waals surface area contributed by atoms with Crippen LogP contribution in [0.1, 0.15) is 10.4 Å². The van der Waals surface area contributed by atoms with Crippen LogP contribution in [0.2, 0.25) is 10.0 Å². The largest absolute Gasteiger partial charge is 0.318 e. The Morgan fingerprint density at radius 3 is 2.53 bits per heavy atom. The van der Waals surface area contributed by atoms with Crippen LogP contribution in [0, 0.1) is 9.39 Å². The number of benzene rings is 2. The van der Waals surface area contributed by atoms with E-state index in [0.717, 1.165) is 3.57 Å². The number of carbonyl (C=O) groups is 1. The summed E-state index contributed by atoms with van der Waals surface area (Å²) in [5.41, 5.74) is 0.300. The normalized spacial score (nSPS) is 10.3. The summed E-state index contributed by atoms with van der Waals surface area (Å²) in [5.74, 6) is -1.05. The van der Waals surface area contributed by atoms with E-state index >= 15 is 0 Å². The topological polar surface area (TPSA) is 29.1 Å². The second kappa shape index (κ2) is 6.07. The summed E-state index contributed by atoms with van der Waals surface area (Å²) in [4.78, 5) is 12.0. The van der Waals surface area contributed by atoms with Gasteiger partial charge in [-0.05, 0) is 52.9 Å². The molecule has 19 heavy (non-hydrogen) atoms. The second-order valence-electron chi connectivity index (χ2n) is 3.68. The Labute approximate surface area is 133 Å². The van der Waals surface area contributed by atoms with Crippen molar-refractivity contribution < 1.29 is 9.18 Å². The van der Waals surface area contributed by atoms with Crippen LogP contribution in [-0.4, -0.2) is 5.91 Å². The summed E-state index contributed by atoms with van der Waals surface area (Å²) in [6.45, 7) is 0. The smallest absolute Gasteiger partial charge is 0.255 e. The molecule has 0 saturated heterocycles. The molecule has 0 aromatic heterocycles. The van der Waals surface area contributed by atoms with Gasteiger partial charge in [-0.2, -0.15) is 0 Å². The lowest BCUT2D eigenvalue weighted by Crippen LogP contribution is -2.13. The lowest BCUT2D eigenvalue weighted by Gasteiger charge is -2.08. The highest BCUT2D eigenvalue weighted by Gasteiger charge is 2.13. The van der Waals surface area contributed by atoms with E-state index in [1.165, 1.54) is 24.3 Å². The number of halogens is 4. The van der Waals surface area contributed by atoms with Crippen LogP contribution in [0.3, 0.4) is 0 Å². The predicted octanol–water partition coefficient (Wildman–Crippen LogP) is 4.99. The molecule has 0 saturated carbocycles. The molecule has 2 nitrogen and oxygen atoms in total.